The largest absolute Gasteiger partial charge is 0.450 e. The van der Waals surface area contributed by atoms with Crippen LogP contribution >= 0.6 is 0 Å². The van der Waals surface area contributed by atoms with E-state index in [9.17, 15) is 4.79 Å². The van der Waals surface area contributed by atoms with E-state index < -0.39 is 0 Å². The van der Waals surface area contributed by atoms with E-state index >= 15 is 0 Å². The predicted octanol–water partition coefficient (Wildman–Crippen LogP) is 2.49. The third kappa shape index (κ3) is 7.68. The fraction of sp³-hybridized carbons (Fsp3) is 0.562. The number of alkyl carbamates (subject to hydrolysis) is 1. The molecule has 1 aliphatic rings. The number of rotatable bonds is 4. The lowest BCUT2D eigenvalue weighted by atomic mass is 10.3. The smallest absolute Gasteiger partial charge is 0.408 e. The van der Waals surface area contributed by atoms with E-state index in [1.165, 1.54) is 0 Å². The van der Waals surface area contributed by atoms with E-state index in [4.69, 9.17) is 9.47 Å². The summed E-state index contributed by atoms with van der Waals surface area (Å²) in [5, 5.41) is 2.85. The number of nitrogens with one attached hydrogen (secondary N) is 1. The van der Waals surface area contributed by atoms with Crippen LogP contribution in [-0.2, 0) is 9.47 Å². The number of carbonyl (C=O) groups excluding carboxylic acids is 1. The number of hydrogen-bond donors (Lipinski definition) is 1. The maximum Gasteiger partial charge on any atom is 0.408 e. The van der Waals surface area contributed by atoms with Crippen LogP contribution in [-0.4, -0.2) is 50.1 Å². The molecule has 1 atom stereocenters. The van der Waals surface area contributed by atoms with Crippen LogP contribution < -0.4 is 5.32 Å². The van der Waals surface area contributed by atoms with Crippen molar-refractivity contribution < 1.29 is 14.3 Å². The zero-order valence-electron chi connectivity index (χ0n) is 13.0. The van der Waals surface area contributed by atoms with E-state index in [0.717, 1.165) is 32.7 Å². The van der Waals surface area contributed by atoms with E-state index in [1.807, 2.05) is 43.3 Å². The van der Waals surface area contributed by atoms with Gasteiger partial charge in [-0.05, 0) is 13.3 Å². The van der Waals surface area contributed by atoms with Gasteiger partial charge < -0.3 is 14.8 Å². The predicted molar refractivity (Wildman–Crippen MR) is 83.1 cm³/mol. The molecule has 1 heterocycles. The van der Waals surface area contributed by atoms with Gasteiger partial charge in [0.15, 0.2) is 0 Å². The monoisotopic (exact) mass is 294 g/mol. The van der Waals surface area contributed by atoms with E-state index in [1.54, 1.807) is 6.92 Å². The lowest BCUT2D eigenvalue weighted by Gasteiger charge is -2.33. The molecule has 0 aliphatic carbocycles. The molecule has 1 unspecified atom stereocenters. The minimum absolute atomic E-state index is 0.0629. The number of amides is 1. The van der Waals surface area contributed by atoms with Crippen molar-refractivity contribution in [3.05, 3.63) is 36.4 Å². The van der Waals surface area contributed by atoms with Crippen molar-refractivity contribution >= 4 is 6.09 Å². The Kier molecular flexibility index (Phi) is 9.24. The molecule has 1 N–H and O–H groups in total. The molecule has 1 aromatic rings. The Hall–Kier alpha value is -1.59. The molecule has 1 saturated heterocycles. The molecule has 21 heavy (non-hydrogen) atoms. The summed E-state index contributed by atoms with van der Waals surface area (Å²) in [7, 11) is 0. The second-order valence-electron chi connectivity index (χ2n) is 4.59. The van der Waals surface area contributed by atoms with Gasteiger partial charge in [0.25, 0.3) is 0 Å². The van der Waals surface area contributed by atoms with Crippen molar-refractivity contribution in [2.75, 3.05) is 32.9 Å². The van der Waals surface area contributed by atoms with Crippen molar-refractivity contribution in [1.29, 1.82) is 0 Å². The average molecular weight is 294 g/mol. The van der Waals surface area contributed by atoms with Crippen LogP contribution in [0.2, 0.25) is 0 Å². The summed E-state index contributed by atoms with van der Waals surface area (Å²) in [5.41, 5.74) is 0. The Morgan fingerprint density at radius 2 is 1.67 bits per heavy atom. The Morgan fingerprint density at radius 3 is 2.10 bits per heavy atom. The molecular formula is C16H26N2O3. The summed E-state index contributed by atoms with van der Waals surface area (Å²) in [6.07, 6.45) is 0.600. The average Bonchev–Trinajstić information content (AvgIpc) is 2.56. The first kappa shape index (κ1) is 17.5. The number of benzene rings is 1. The Bertz CT molecular complexity index is 340. The standard InChI is InChI=1S/C10H20N2O3.C6H6/c1-3-9(11-10(13)15-4-2)12-5-7-14-8-6-12;1-2-4-6-5-3-1/h9H,3-8H2,1-2H3,(H,11,13);1-6H. The van der Waals surface area contributed by atoms with Gasteiger partial charge in [-0.25, -0.2) is 4.79 Å². The Balaban J connectivity index is 0.000000304. The molecule has 1 amide bonds. The third-order valence-corrected chi connectivity index (χ3v) is 3.10. The molecule has 5 nitrogen and oxygen atoms in total. The lowest BCUT2D eigenvalue weighted by molar-refractivity contribution is 0.00744. The normalized spacial score (nSPS) is 16.3. The Morgan fingerprint density at radius 1 is 1.14 bits per heavy atom. The van der Waals surface area contributed by atoms with Crippen LogP contribution in [0.4, 0.5) is 4.79 Å². The minimum atomic E-state index is -0.337. The molecule has 1 aliphatic heterocycles. The first-order valence-corrected chi connectivity index (χ1v) is 7.53. The van der Waals surface area contributed by atoms with Gasteiger partial charge in [0.2, 0.25) is 0 Å². The van der Waals surface area contributed by atoms with Crippen LogP contribution in [0.1, 0.15) is 20.3 Å². The number of carbonyl (C=O) groups is 1. The fourth-order valence-corrected chi connectivity index (χ4v) is 2.03. The van der Waals surface area contributed by atoms with Gasteiger partial charge in [-0.2, -0.15) is 0 Å². The van der Waals surface area contributed by atoms with Crippen molar-refractivity contribution in [3.63, 3.8) is 0 Å². The van der Waals surface area contributed by atoms with Gasteiger partial charge in [-0.1, -0.05) is 43.3 Å². The molecule has 118 valence electrons. The van der Waals surface area contributed by atoms with Crippen molar-refractivity contribution in [1.82, 2.24) is 10.2 Å². The molecule has 1 fully saturated rings. The van der Waals surface area contributed by atoms with Gasteiger partial charge in [-0.3, -0.25) is 4.90 Å². The van der Waals surface area contributed by atoms with Gasteiger partial charge in [-0.15, -0.1) is 0 Å². The summed E-state index contributed by atoms with van der Waals surface area (Å²) in [4.78, 5) is 13.5. The van der Waals surface area contributed by atoms with Gasteiger partial charge >= 0.3 is 6.09 Å². The van der Waals surface area contributed by atoms with E-state index in [2.05, 4.69) is 10.2 Å². The van der Waals surface area contributed by atoms with Crippen LogP contribution in [0, 0.1) is 0 Å². The van der Waals surface area contributed by atoms with Crippen molar-refractivity contribution in [3.8, 4) is 0 Å². The summed E-state index contributed by atoms with van der Waals surface area (Å²) in [6, 6.07) is 12.0. The first-order chi connectivity index (χ1) is 10.3. The zero-order chi connectivity index (χ0) is 15.3. The topological polar surface area (TPSA) is 50.8 Å². The highest BCUT2D eigenvalue weighted by Crippen LogP contribution is 2.05. The van der Waals surface area contributed by atoms with E-state index in [-0.39, 0.29) is 12.3 Å². The summed E-state index contributed by atoms with van der Waals surface area (Å²) in [6.45, 7) is 7.46. The number of nitrogens with zero attached hydrogens (tertiary/aromatic N) is 1. The maximum absolute atomic E-state index is 11.3. The fourth-order valence-electron chi connectivity index (χ4n) is 2.03. The lowest BCUT2D eigenvalue weighted by Crippen LogP contribution is -2.52. The van der Waals surface area contributed by atoms with Crippen LogP contribution in [0.3, 0.4) is 0 Å². The molecule has 0 aromatic heterocycles. The molecule has 0 radical (unpaired) electrons. The van der Waals surface area contributed by atoms with Crippen LogP contribution in [0.15, 0.2) is 36.4 Å². The second kappa shape index (κ2) is 11.1. The highest BCUT2D eigenvalue weighted by molar-refractivity contribution is 5.67. The SMILES string of the molecule is CCOC(=O)NC(CC)N1CCOCC1.c1ccccc1. The quantitative estimate of drug-likeness (QED) is 0.927. The number of hydrogen-bond acceptors (Lipinski definition) is 4. The highest BCUT2D eigenvalue weighted by atomic mass is 16.5. The Labute approximate surface area is 127 Å². The molecule has 2 rings (SSSR count). The third-order valence-electron chi connectivity index (χ3n) is 3.10. The summed E-state index contributed by atoms with van der Waals surface area (Å²) in [5.74, 6) is 0. The number of morpholine rings is 1. The molecular weight excluding hydrogens is 268 g/mol. The molecule has 1 aromatic carbocycles. The highest BCUT2D eigenvalue weighted by Gasteiger charge is 2.21. The maximum atomic E-state index is 11.3. The van der Waals surface area contributed by atoms with Crippen LogP contribution in [0.25, 0.3) is 0 Å². The van der Waals surface area contributed by atoms with Gasteiger partial charge in [0.1, 0.15) is 0 Å². The van der Waals surface area contributed by atoms with E-state index in [0.29, 0.717) is 6.61 Å². The summed E-state index contributed by atoms with van der Waals surface area (Å²) < 4.78 is 10.1. The first-order valence-electron chi connectivity index (χ1n) is 7.53. The zero-order valence-corrected chi connectivity index (χ0v) is 13.0. The molecule has 0 bridgehead atoms. The van der Waals surface area contributed by atoms with Crippen LogP contribution in [0.5, 0.6) is 0 Å². The summed E-state index contributed by atoms with van der Waals surface area (Å²) >= 11 is 0. The van der Waals surface area contributed by atoms with Gasteiger partial charge in [0.05, 0.1) is 26.0 Å². The van der Waals surface area contributed by atoms with Crippen molar-refractivity contribution in [2.45, 2.75) is 26.4 Å². The van der Waals surface area contributed by atoms with Gasteiger partial charge in [0, 0.05) is 13.1 Å². The minimum Gasteiger partial charge on any atom is -0.450 e. The molecule has 5 heteroatoms. The molecule has 0 spiro atoms. The molecule has 0 saturated carbocycles. The van der Waals surface area contributed by atoms with Crippen molar-refractivity contribution in [2.24, 2.45) is 0 Å². The number of ether oxygens (including phenoxy) is 2. The second-order valence-corrected chi connectivity index (χ2v) is 4.59.